The average molecular weight is 438 g/mol. The molecule has 0 spiro atoms. The van der Waals surface area contributed by atoms with E-state index in [1.165, 1.54) is 6.07 Å². The minimum absolute atomic E-state index is 0.0471. The molecule has 33 heavy (non-hydrogen) atoms. The quantitative estimate of drug-likeness (QED) is 0.225. The fourth-order valence-corrected chi connectivity index (χ4v) is 4.12. The number of rotatable bonds is 6. The Morgan fingerprint density at radius 2 is 1.39 bits per heavy atom. The Labute approximate surface area is 192 Å². The van der Waals surface area contributed by atoms with Gasteiger partial charge in [-0.2, -0.15) is 0 Å². The van der Waals surface area contributed by atoms with E-state index in [9.17, 15) is 20.2 Å². The van der Waals surface area contributed by atoms with Crippen LogP contribution >= 0.6 is 0 Å². The molecule has 0 saturated carbocycles. The third kappa shape index (κ3) is 4.65. The second-order valence-corrected chi connectivity index (χ2v) is 7.96. The van der Waals surface area contributed by atoms with Crippen molar-refractivity contribution in [2.75, 3.05) is 5.32 Å². The van der Waals surface area contributed by atoms with Gasteiger partial charge < -0.3 is 15.4 Å². The highest BCUT2D eigenvalue weighted by Gasteiger charge is 2.22. The molecule has 4 aromatic carbocycles. The molecule has 0 bridgehead atoms. The van der Waals surface area contributed by atoms with Gasteiger partial charge in [0.15, 0.2) is 0 Å². The normalized spacial score (nSPS) is 10.7. The van der Waals surface area contributed by atoms with E-state index in [1.54, 1.807) is 36.4 Å². The van der Waals surface area contributed by atoms with Gasteiger partial charge in [-0.05, 0) is 36.5 Å². The minimum atomic E-state index is -1.66. The number of nitrogens with zero attached hydrogens (tertiary/aromatic N) is 1. The van der Waals surface area contributed by atoms with Crippen LogP contribution in [0.5, 0.6) is 0 Å². The van der Waals surface area contributed by atoms with Crippen molar-refractivity contribution in [2.45, 2.75) is 13.8 Å². The van der Waals surface area contributed by atoms with Gasteiger partial charge in [0.1, 0.15) is 5.69 Å². The highest BCUT2D eigenvalue weighted by molar-refractivity contribution is 6.60. The molecule has 0 radical (unpaired) electrons. The molecular formula is C26H23BN2O4. The van der Waals surface area contributed by atoms with E-state index in [0.29, 0.717) is 28.0 Å². The van der Waals surface area contributed by atoms with Crippen LogP contribution in [0.3, 0.4) is 0 Å². The van der Waals surface area contributed by atoms with Crippen molar-refractivity contribution in [3.8, 4) is 22.3 Å². The number of aryl methyl sites for hydroxylation is 2. The average Bonchev–Trinajstić information content (AvgIpc) is 2.78. The molecule has 0 atom stereocenters. The Morgan fingerprint density at radius 1 is 0.788 bits per heavy atom. The summed E-state index contributed by atoms with van der Waals surface area (Å²) in [6.07, 6.45) is 0. The summed E-state index contributed by atoms with van der Waals surface area (Å²) < 4.78 is 0. The van der Waals surface area contributed by atoms with E-state index in [1.807, 2.05) is 38.1 Å². The van der Waals surface area contributed by atoms with Crippen LogP contribution in [0.1, 0.15) is 11.1 Å². The van der Waals surface area contributed by atoms with Crippen LogP contribution in [-0.4, -0.2) is 22.1 Å². The van der Waals surface area contributed by atoms with E-state index < -0.39 is 12.0 Å². The maximum Gasteiger partial charge on any atom is 0.489 e. The van der Waals surface area contributed by atoms with Gasteiger partial charge in [0.2, 0.25) is 0 Å². The summed E-state index contributed by atoms with van der Waals surface area (Å²) in [4.78, 5) is 11.2. The molecule has 164 valence electrons. The summed E-state index contributed by atoms with van der Waals surface area (Å²) in [6.45, 7) is 4.04. The Kier molecular flexibility index (Phi) is 6.26. The fraction of sp³-hybridized carbons (Fsp3) is 0.0769. The lowest BCUT2D eigenvalue weighted by atomic mass is 9.75. The Morgan fingerprint density at radius 3 is 2.09 bits per heavy atom. The summed E-state index contributed by atoms with van der Waals surface area (Å²) in [5.41, 5.74) is 6.62. The third-order valence-electron chi connectivity index (χ3n) is 5.49. The van der Waals surface area contributed by atoms with E-state index >= 15 is 0 Å². The topological polar surface area (TPSA) is 95.6 Å². The van der Waals surface area contributed by atoms with Gasteiger partial charge in [0.25, 0.3) is 5.69 Å². The molecular weight excluding hydrogens is 415 g/mol. The van der Waals surface area contributed by atoms with Crippen molar-refractivity contribution in [1.29, 1.82) is 0 Å². The molecule has 0 fully saturated rings. The first-order chi connectivity index (χ1) is 15.8. The summed E-state index contributed by atoms with van der Waals surface area (Å²) in [5, 5.41) is 34.9. The number of hydrogen-bond acceptors (Lipinski definition) is 5. The number of hydrogen-bond donors (Lipinski definition) is 3. The van der Waals surface area contributed by atoms with Gasteiger partial charge >= 0.3 is 7.12 Å². The monoisotopic (exact) mass is 438 g/mol. The van der Waals surface area contributed by atoms with Crippen LogP contribution in [0.2, 0.25) is 0 Å². The second kappa shape index (κ2) is 9.28. The molecule has 7 heteroatoms. The molecule has 6 nitrogen and oxygen atoms in total. The predicted octanol–water partition coefficient (Wildman–Crippen LogP) is 4.97. The molecule has 0 unspecified atom stereocenters. The lowest BCUT2D eigenvalue weighted by molar-refractivity contribution is -0.383. The lowest BCUT2D eigenvalue weighted by Gasteiger charge is -2.20. The second-order valence-electron chi connectivity index (χ2n) is 7.96. The summed E-state index contributed by atoms with van der Waals surface area (Å²) in [7, 11) is -1.66. The van der Waals surface area contributed by atoms with Gasteiger partial charge in [0.05, 0.1) is 10.6 Å². The minimum Gasteiger partial charge on any atom is -0.423 e. The number of benzene rings is 4. The van der Waals surface area contributed by atoms with Crippen molar-refractivity contribution < 1.29 is 15.0 Å². The highest BCUT2D eigenvalue weighted by Crippen LogP contribution is 2.40. The van der Waals surface area contributed by atoms with Gasteiger partial charge in [0, 0.05) is 17.2 Å². The predicted molar refractivity (Wildman–Crippen MR) is 133 cm³/mol. The maximum absolute atomic E-state index is 11.7. The molecule has 0 amide bonds. The van der Waals surface area contributed by atoms with Crippen molar-refractivity contribution in [3.63, 3.8) is 0 Å². The third-order valence-corrected chi connectivity index (χ3v) is 5.49. The standard InChI is InChI=1S/C26H23BN2O4/c1-17-14-18(2)16-19(15-17)20-9-7-10-22(21-8-3-4-11-23(21)27(30)31)26(20)28-24-12-5-6-13-25(24)29(32)33/h3-16,28,30-31H,1-2H3. The zero-order valence-electron chi connectivity index (χ0n) is 18.3. The molecule has 0 saturated heterocycles. The number of nitro benzene ring substituents is 1. The van der Waals surface area contributed by atoms with Crippen LogP contribution in [0.4, 0.5) is 17.1 Å². The number of nitrogens with one attached hydrogen (secondary N) is 1. The van der Waals surface area contributed by atoms with E-state index in [-0.39, 0.29) is 5.69 Å². The number of para-hydroxylation sites is 3. The van der Waals surface area contributed by atoms with Crippen LogP contribution in [0.25, 0.3) is 22.3 Å². The Hall–Kier alpha value is -3.94. The molecule has 3 N–H and O–H groups in total. The highest BCUT2D eigenvalue weighted by atomic mass is 16.6. The Balaban J connectivity index is 2.00. The molecule has 4 aromatic rings. The van der Waals surface area contributed by atoms with Crippen molar-refractivity contribution in [2.24, 2.45) is 0 Å². The van der Waals surface area contributed by atoms with Gasteiger partial charge in [-0.1, -0.05) is 83.9 Å². The summed E-state index contributed by atoms with van der Waals surface area (Å²) in [6, 6.07) is 25.4. The molecule has 0 aliphatic carbocycles. The first-order valence-corrected chi connectivity index (χ1v) is 10.5. The lowest BCUT2D eigenvalue weighted by Crippen LogP contribution is -2.31. The van der Waals surface area contributed by atoms with Gasteiger partial charge in [-0.25, -0.2) is 0 Å². The SMILES string of the molecule is Cc1cc(C)cc(-c2cccc(-c3ccccc3B(O)O)c2Nc2ccccc2[N+](=O)[O-])c1. The van der Waals surface area contributed by atoms with Gasteiger partial charge in [-0.15, -0.1) is 0 Å². The Bertz CT molecular complexity index is 1320. The van der Waals surface area contributed by atoms with Crippen LogP contribution in [-0.2, 0) is 0 Å². The first kappa shape index (κ1) is 22.3. The van der Waals surface area contributed by atoms with Crippen LogP contribution in [0.15, 0.2) is 84.9 Å². The van der Waals surface area contributed by atoms with E-state index in [2.05, 4.69) is 23.5 Å². The van der Waals surface area contributed by atoms with Crippen LogP contribution < -0.4 is 10.8 Å². The van der Waals surface area contributed by atoms with Gasteiger partial charge in [-0.3, -0.25) is 10.1 Å². The fourth-order valence-electron chi connectivity index (χ4n) is 4.12. The molecule has 0 aliphatic heterocycles. The van der Waals surface area contributed by atoms with Crippen LogP contribution in [0, 0.1) is 24.0 Å². The summed E-state index contributed by atoms with van der Waals surface area (Å²) in [5.74, 6) is 0. The molecule has 0 aliphatic rings. The maximum atomic E-state index is 11.7. The zero-order chi connectivity index (χ0) is 23.5. The molecule has 0 heterocycles. The zero-order valence-corrected chi connectivity index (χ0v) is 18.3. The van der Waals surface area contributed by atoms with E-state index in [4.69, 9.17) is 0 Å². The van der Waals surface area contributed by atoms with Crippen molar-refractivity contribution in [1.82, 2.24) is 0 Å². The molecule has 0 aromatic heterocycles. The largest absolute Gasteiger partial charge is 0.489 e. The van der Waals surface area contributed by atoms with Crippen molar-refractivity contribution in [3.05, 3.63) is 106 Å². The van der Waals surface area contributed by atoms with Crippen molar-refractivity contribution >= 4 is 29.6 Å². The smallest absolute Gasteiger partial charge is 0.423 e. The number of anilines is 2. The number of nitro groups is 1. The first-order valence-electron chi connectivity index (χ1n) is 10.5. The van der Waals surface area contributed by atoms with E-state index in [0.717, 1.165) is 22.3 Å². The summed E-state index contributed by atoms with van der Waals surface area (Å²) >= 11 is 0. The molecule has 4 rings (SSSR count).